The number of nitrogens with one attached hydrogen (secondary N) is 1. The number of alkyl halides is 2. The Morgan fingerprint density at radius 3 is 2.57 bits per heavy atom. The molecule has 0 aliphatic rings. The van der Waals surface area contributed by atoms with Gasteiger partial charge in [-0.2, -0.15) is 8.78 Å². The molecule has 1 heterocycles. The molecule has 8 heteroatoms. The lowest BCUT2D eigenvalue weighted by atomic mass is 10.5. The number of hydrogen-bond acceptors (Lipinski definition) is 3. The summed E-state index contributed by atoms with van der Waals surface area (Å²) in [4.78, 5) is 0.668. The molecule has 0 aliphatic carbocycles. The summed E-state index contributed by atoms with van der Waals surface area (Å²) in [5.41, 5.74) is 0. The van der Waals surface area contributed by atoms with E-state index in [-0.39, 0.29) is 6.54 Å². The summed E-state index contributed by atoms with van der Waals surface area (Å²) < 4.78 is 47.6. The zero-order valence-electron chi connectivity index (χ0n) is 6.71. The van der Waals surface area contributed by atoms with Gasteiger partial charge in [0.05, 0.1) is 3.79 Å². The second-order valence-electron chi connectivity index (χ2n) is 2.33. The van der Waals surface area contributed by atoms with E-state index in [0.717, 1.165) is 3.79 Å². The van der Waals surface area contributed by atoms with Crippen LogP contribution in [0.5, 0.6) is 0 Å². The summed E-state index contributed by atoms with van der Waals surface area (Å²) >= 11 is 4.46. The van der Waals surface area contributed by atoms with Crippen LogP contribution in [0.1, 0.15) is 4.88 Å². The van der Waals surface area contributed by atoms with Gasteiger partial charge in [0.15, 0.2) is 0 Å². The van der Waals surface area contributed by atoms with Crippen molar-refractivity contribution in [2.75, 3.05) is 0 Å². The maximum absolute atomic E-state index is 11.9. The minimum Gasteiger partial charge on any atom is -0.206 e. The van der Waals surface area contributed by atoms with Crippen LogP contribution in [-0.2, 0) is 16.6 Å². The Morgan fingerprint density at radius 1 is 1.50 bits per heavy atom. The molecule has 1 N–H and O–H groups in total. The number of halogens is 3. The van der Waals surface area contributed by atoms with E-state index in [1.54, 1.807) is 16.9 Å². The molecule has 0 saturated carbocycles. The lowest BCUT2D eigenvalue weighted by Crippen LogP contribution is -2.28. The largest absolute Gasteiger partial charge is 0.350 e. The monoisotopic (exact) mass is 305 g/mol. The third kappa shape index (κ3) is 3.26. The summed E-state index contributed by atoms with van der Waals surface area (Å²) in [5, 5.41) is 0. The Morgan fingerprint density at radius 2 is 2.14 bits per heavy atom. The highest BCUT2D eigenvalue weighted by atomic mass is 79.9. The van der Waals surface area contributed by atoms with E-state index in [2.05, 4.69) is 15.9 Å². The van der Waals surface area contributed by atoms with Gasteiger partial charge < -0.3 is 0 Å². The molecule has 1 aromatic rings. The van der Waals surface area contributed by atoms with Crippen molar-refractivity contribution in [1.29, 1.82) is 0 Å². The zero-order chi connectivity index (χ0) is 10.8. The molecule has 0 aliphatic heterocycles. The van der Waals surface area contributed by atoms with Crippen molar-refractivity contribution in [3.63, 3.8) is 0 Å². The number of hydrogen-bond donors (Lipinski definition) is 1. The summed E-state index contributed by atoms with van der Waals surface area (Å²) in [6, 6.07) is 3.37. The first-order valence-electron chi connectivity index (χ1n) is 3.42. The van der Waals surface area contributed by atoms with Gasteiger partial charge in [0.25, 0.3) is 10.0 Å². The van der Waals surface area contributed by atoms with E-state index < -0.39 is 15.8 Å². The maximum Gasteiger partial charge on any atom is 0.350 e. The molecule has 0 atom stereocenters. The van der Waals surface area contributed by atoms with Crippen molar-refractivity contribution in [2.45, 2.75) is 12.3 Å². The molecule has 14 heavy (non-hydrogen) atoms. The Hall–Kier alpha value is -0.0500. The van der Waals surface area contributed by atoms with Crippen molar-refractivity contribution >= 4 is 37.3 Å². The third-order valence-electron chi connectivity index (χ3n) is 1.31. The van der Waals surface area contributed by atoms with Crippen LogP contribution in [0.15, 0.2) is 15.9 Å². The fourth-order valence-electron chi connectivity index (χ4n) is 0.681. The molecule has 0 spiro atoms. The van der Waals surface area contributed by atoms with Crippen LogP contribution in [0.3, 0.4) is 0 Å². The van der Waals surface area contributed by atoms with E-state index in [1.165, 1.54) is 11.3 Å². The van der Waals surface area contributed by atoms with Gasteiger partial charge in [0.1, 0.15) is 0 Å². The van der Waals surface area contributed by atoms with Gasteiger partial charge in [0.2, 0.25) is 0 Å². The molecule has 3 nitrogen and oxygen atoms in total. The van der Waals surface area contributed by atoms with Crippen molar-refractivity contribution in [3.05, 3.63) is 20.8 Å². The molecule has 0 unspecified atom stereocenters. The van der Waals surface area contributed by atoms with Gasteiger partial charge >= 0.3 is 5.76 Å². The van der Waals surface area contributed by atoms with Gasteiger partial charge in [-0.15, -0.1) is 11.3 Å². The summed E-state index contributed by atoms with van der Waals surface area (Å²) in [5.74, 6) is -3.38. The third-order valence-corrected chi connectivity index (χ3v) is 3.95. The fraction of sp³-hybridized carbons (Fsp3) is 0.333. The molecule has 0 radical (unpaired) electrons. The number of thiophene rings is 1. The van der Waals surface area contributed by atoms with Crippen molar-refractivity contribution < 1.29 is 17.2 Å². The standard InChI is InChI=1S/C6H6BrF2NO2S2/c7-5-2-1-4(13-5)3-10-14(11,12)6(8)9/h1-2,6,10H,3H2. The zero-order valence-corrected chi connectivity index (χ0v) is 9.93. The molecule has 0 saturated heterocycles. The Kier molecular flexibility index (Phi) is 3.99. The normalized spacial score (nSPS) is 12.3. The lowest BCUT2D eigenvalue weighted by molar-refractivity contribution is 0.232. The predicted octanol–water partition coefficient (Wildman–Crippen LogP) is 2.15. The minimum absolute atomic E-state index is 0.108. The smallest absolute Gasteiger partial charge is 0.206 e. The molecule has 0 aromatic carbocycles. The quantitative estimate of drug-likeness (QED) is 0.926. The Bertz CT molecular complexity index is 404. The van der Waals surface area contributed by atoms with Gasteiger partial charge in [-0.25, -0.2) is 13.1 Å². The van der Waals surface area contributed by atoms with E-state index in [1.807, 2.05) is 0 Å². The van der Waals surface area contributed by atoms with E-state index in [0.29, 0.717) is 4.88 Å². The highest BCUT2D eigenvalue weighted by Crippen LogP contribution is 2.22. The van der Waals surface area contributed by atoms with Crippen LogP contribution >= 0.6 is 27.3 Å². The fourth-order valence-corrected chi connectivity index (χ4v) is 2.68. The highest BCUT2D eigenvalue weighted by molar-refractivity contribution is 9.11. The van der Waals surface area contributed by atoms with Crippen LogP contribution < -0.4 is 4.72 Å². The second kappa shape index (κ2) is 4.65. The average molecular weight is 306 g/mol. The van der Waals surface area contributed by atoms with Gasteiger partial charge in [-0.05, 0) is 28.1 Å². The molecular weight excluding hydrogens is 300 g/mol. The predicted molar refractivity (Wildman–Crippen MR) is 53.8 cm³/mol. The van der Waals surface area contributed by atoms with Gasteiger partial charge in [0, 0.05) is 11.4 Å². The van der Waals surface area contributed by atoms with Crippen LogP contribution in [0, 0.1) is 0 Å². The van der Waals surface area contributed by atoms with Crippen LogP contribution in [0.4, 0.5) is 8.78 Å². The van der Waals surface area contributed by atoms with Crippen LogP contribution in [0.25, 0.3) is 0 Å². The topological polar surface area (TPSA) is 46.2 Å². The number of sulfonamides is 1. The molecule has 80 valence electrons. The first kappa shape index (κ1) is 12.0. The second-order valence-corrected chi connectivity index (χ2v) is 6.62. The van der Waals surface area contributed by atoms with Crippen molar-refractivity contribution in [1.82, 2.24) is 4.72 Å². The Balaban J connectivity index is 2.57. The summed E-state index contributed by atoms with van der Waals surface area (Å²) in [6.07, 6.45) is 0. The number of rotatable bonds is 4. The molecule has 1 rings (SSSR count). The average Bonchev–Trinajstić information content (AvgIpc) is 2.48. The van der Waals surface area contributed by atoms with Gasteiger partial charge in [-0.3, -0.25) is 0 Å². The minimum atomic E-state index is -4.48. The SMILES string of the molecule is O=S(=O)(NCc1ccc(Br)s1)C(F)F. The lowest BCUT2D eigenvalue weighted by Gasteiger charge is -2.02. The van der Waals surface area contributed by atoms with Gasteiger partial charge in [-0.1, -0.05) is 0 Å². The van der Waals surface area contributed by atoms with Crippen LogP contribution in [-0.4, -0.2) is 14.2 Å². The molecule has 0 fully saturated rings. The van der Waals surface area contributed by atoms with E-state index >= 15 is 0 Å². The van der Waals surface area contributed by atoms with Crippen LogP contribution in [0.2, 0.25) is 0 Å². The maximum atomic E-state index is 11.9. The first-order valence-corrected chi connectivity index (χ1v) is 6.58. The van der Waals surface area contributed by atoms with E-state index in [4.69, 9.17) is 0 Å². The summed E-state index contributed by atoms with van der Waals surface area (Å²) in [7, 11) is -4.48. The van der Waals surface area contributed by atoms with Crippen molar-refractivity contribution in [2.24, 2.45) is 0 Å². The highest BCUT2D eigenvalue weighted by Gasteiger charge is 2.23. The first-order chi connectivity index (χ1) is 6.42. The van der Waals surface area contributed by atoms with E-state index in [9.17, 15) is 17.2 Å². The van der Waals surface area contributed by atoms with Crippen molar-refractivity contribution in [3.8, 4) is 0 Å². The molecule has 0 bridgehead atoms. The Labute approximate surface area is 92.3 Å². The molecule has 1 aromatic heterocycles. The summed E-state index contributed by atoms with van der Waals surface area (Å²) in [6.45, 7) is -0.108. The molecular formula is C6H6BrF2NO2S2. The molecule has 0 amide bonds.